The van der Waals surface area contributed by atoms with Crippen molar-refractivity contribution in [2.24, 2.45) is 0 Å². The standard InChI is InChI=1S/C19H17F3N6O2S/c1-12(29)24-14-3-2-4-15(9-14)25-16(30)10-31-18-27-26-17(13-5-7-23-8-6-13)28(18)11-19(20,21)22/h2-9H,10-11H2,1H3,(H,24,29)(H,25,30). The number of aromatic nitrogens is 4. The molecule has 3 aromatic rings. The van der Waals surface area contributed by atoms with E-state index < -0.39 is 18.6 Å². The molecule has 0 saturated heterocycles. The van der Waals surface area contributed by atoms with Crippen LogP contribution in [-0.2, 0) is 16.1 Å². The molecule has 3 rings (SSSR count). The molecule has 0 aliphatic heterocycles. The lowest BCUT2D eigenvalue weighted by atomic mass is 10.2. The minimum Gasteiger partial charge on any atom is -0.326 e. The van der Waals surface area contributed by atoms with Gasteiger partial charge in [0.2, 0.25) is 11.8 Å². The Morgan fingerprint density at radius 2 is 1.74 bits per heavy atom. The van der Waals surface area contributed by atoms with Gasteiger partial charge in [-0.2, -0.15) is 13.2 Å². The zero-order valence-electron chi connectivity index (χ0n) is 16.2. The largest absolute Gasteiger partial charge is 0.406 e. The first-order chi connectivity index (χ1) is 14.7. The molecular formula is C19H17F3N6O2S. The number of anilines is 2. The number of hydrogen-bond donors (Lipinski definition) is 2. The number of nitrogens with zero attached hydrogens (tertiary/aromatic N) is 4. The van der Waals surface area contributed by atoms with Gasteiger partial charge in [0.1, 0.15) is 6.54 Å². The van der Waals surface area contributed by atoms with Gasteiger partial charge >= 0.3 is 6.18 Å². The number of nitrogens with one attached hydrogen (secondary N) is 2. The molecule has 0 aliphatic carbocycles. The molecule has 0 fully saturated rings. The monoisotopic (exact) mass is 450 g/mol. The normalized spacial score (nSPS) is 11.2. The van der Waals surface area contributed by atoms with Gasteiger partial charge in [-0.05, 0) is 30.3 Å². The quantitative estimate of drug-likeness (QED) is 0.534. The lowest BCUT2D eigenvalue weighted by Gasteiger charge is -2.12. The number of hydrogen-bond acceptors (Lipinski definition) is 6. The highest BCUT2D eigenvalue weighted by Gasteiger charge is 2.31. The van der Waals surface area contributed by atoms with Gasteiger partial charge in [0, 0.05) is 36.3 Å². The first-order valence-corrected chi connectivity index (χ1v) is 9.90. The van der Waals surface area contributed by atoms with Crippen molar-refractivity contribution in [3.8, 4) is 11.4 Å². The second-order valence-corrected chi connectivity index (χ2v) is 7.28. The fourth-order valence-corrected chi connectivity index (χ4v) is 3.37. The topological polar surface area (TPSA) is 102 Å². The maximum atomic E-state index is 13.1. The summed E-state index contributed by atoms with van der Waals surface area (Å²) in [7, 11) is 0. The zero-order chi connectivity index (χ0) is 22.4. The van der Waals surface area contributed by atoms with Crippen LogP contribution in [0.5, 0.6) is 0 Å². The van der Waals surface area contributed by atoms with Gasteiger partial charge in [0.25, 0.3) is 0 Å². The molecule has 0 radical (unpaired) electrons. The van der Waals surface area contributed by atoms with Crippen LogP contribution >= 0.6 is 11.8 Å². The van der Waals surface area contributed by atoms with Crippen molar-refractivity contribution in [2.75, 3.05) is 16.4 Å². The molecule has 2 N–H and O–H groups in total. The first kappa shape index (κ1) is 22.3. The number of halogens is 3. The molecular weight excluding hydrogens is 433 g/mol. The summed E-state index contributed by atoms with van der Waals surface area (Å²) in [6, 6.07) is 9.56. The number of carbonyl (C=O) groups is 2. The maximum Gasteiger partial charge on any atom is 0.406 e. The Morgan fingerprint density at radius 1 is 1.06 bits per heavy atom. The number of thioether (sulfide) groups is 1. The average Bonchev–Trinajstić information content (AvgIpc) is 3.07. The van der Waals surface area contributed by atoms with Crippen LogP contribution < -0.4 is 10.6 Å². The lowest BCUT2D eigenvalue weighted by molar-refractivity contribution is -0.141. The van der Waals surface area contributed by atoms with Crippen LogP contribution in [0.1, 0.15) is 6.92 Å². The van der Waals surface area contributed by atoms with Crippen LogP contribution in [0.15, 0.2) is 53.9 Å². The van der Waals surface area contributed by atoms with Crippen molar-refractivity contribution < 1.29 is 22.8 Å². The number of carbonyl (C=O) groups excluding carboxylic acids is 2. The van der Waals surface area contributed by atoms with Crippen molar-refractivity contribution in [1.82, 2.24) is 19.7 Å². The van der Waals surface area contributed by atoms with E-state index in [9.17, 15) is 22.8 Å². The number of benzene rings is 1. The van der Waals surface area contributed by atoms with Crippen molar-refractivity contribution in [2.45, 2.75) is 24.8 Å². The minimum absolute atomic E-state index is 0.0330. The van der Waals surface area contributed by atoms with Crippen molar-refractivity contribution in [3.63, 3.8) is 0 Å². The van der Waals surface area contributed by atoms with Gasteiger partial charge in [-0.1, -0.05) is 17.8 Å². The Kier molecular flexibility index (Phi) is 6.90. The third kappa shape index (κ3) is 6.54. The second-order valence-electron chi connectivity index (χ2n) is 6.34. The Morgan fingerprint density at radius 3 is 2.39 bits per heavy atom. The van der Waals surface area contributed by atoms with E-state index >= 15 is 0 Å². The molecule has 0 saturated carbocycles. The van der Waals surface area contributed by atoms with Crippen LogP contribution in [-0.4, -0.2) is 43.5 Å². The van der Waals surface area contributed by atoms with Crippen molar-refractivity contribution in [3.05, 3.63) is 48.8 Å². The van der Waals surface area contributed by atoms with Crippen LogP contribution in [0.4, 0.5) is 24.5 Å². The van der Waals surface area contributed by atoms with Crippen molar-refractivity contribution in [1.29, 1.82) is 0 Å². The molecule has 0 bridgehead atoms. The maximum absolute atomic E-state index is 13.1. The lowest BCUT2D eigenvalue weighted by Crippen LogP contribution is -2.20. The Balaban J connectivity index is 1.72. The summed E-state index contributed by atoms with van der Waals surface area (Å²) in [5.41, 5.74) is 1.37. The Labute approximate surface area is 179 Å². The molecule has 2 aromatic heterocycles. The highest BCUT2D eigenvalue weighted by Crippen LogP contribution is 2.28. The highest BCUT2D eigenvalue weighted by molar-refractivity contribution is 7.99. The van der Waals surface area contributed by atoms with Gasteiger partial charge in [0.15, 0.2) is 11.0 Å². The van der Waals surface area contributed by atoms with E-state index in [1.54, 1.807) is 24.3 Å². The third-order valence-electron chi connectivity index (χ3n) is 3.79. The van der Waals surface area contributed by atoms with Gasteiger partial charge < -0.3 is 10.6 Å². The smallest absolute Gasteiger partial charge is 0.326 e. The number of amides is 2. The summed E-state index contributed by atoms with van der Waals surface area (Å²) in [5, 5.41) is 12.9. The molecule has 0 aliphatic rings. The second kappa shape index (κ2) is 9.60. The fraction of sp³-hybridized carbons (Fsp3) is 0.211. The van der Waals surface area contributed by atoms with Gasteiger partial charge in [-0.25, -0.2) is 0 Å². The molecule has 2 amide bonds. The van der Waals surface area contributed by atoms with E-state index in [0.717, 1.165) is 16.3 Å². The fourth-order valence-electron chi connectivity index (χ4n) is 2.64. The van der Waals surface area contributed by atoms with Crippen LogP contribution in [0.2, 0.25) is 0 Å². The van der Waals surface area contributed by atoms with Gasteiger partial charge in [-0.3, -0.25) is 19.1 Å². The predicted molar refractivity (Wildman–Crippen MR) is 109 cm³/mol. The van der Waals surface area contributed by atoms with Crippen LogP contribution in [0, 0.1) is 0 Å². The summed E-state index contributed by atoms with van der Waals surface area (Å²) < 4.78 is 40.2. The number of alkyl halides is 3. The van der Waals surface area contributed by atoms with Crippen molar-refractivity contribution >= 4 is 35.0 Å². The molecule has 0 unspecified atom stereocenters. The van der Waals surface area contributed by atoms with Crippen LogP contribution in [0.25, 0.3) is 11.4 Å². The third-order valence-corrected chi connectivity index (χ3v) is 4.76. The van der Waals surface area contributed by atoms with E-state index in [1.165, 1.54) is 31.5 Å². The molecule has 0 atom stereocenters. The molecule has 1 aromatic carbocycles. The van der Waals surface area contributed by atoms with E-state index in [4.69, 9.17) is 0 Å². The SMILES string of the molecule is CC(=O)Nc1cccc(NC(=O)CSc2nnc(-c3ccncc3)n2CC(F)(F)F)c1. The molecule has 0 spiro atoms. The molecule has 8 nitrogen and oxygen atoms in total. The van der Waals surface area contributed by atoms with Gasteiger partial charge in [0.05, 0.1) is 5.75 Å². The molecule has 31 heavy (non-hydrogen) atoms. The van der Waals surface area contributed by atoms with E-state index in [-0.39, 0.29) is 22.6 Å². The minimum atomic E-state index is -4.49. The van der Waals surface area contributed by atoms with E-state index in [2.05, 4.69) is 25.8 Å². The Bertz CT molecular complexity index is 1070. The number of pyridine rings is 1. The van der Waals surface area contributed by atoms with Gasteiger partial charge in [-0.15, -0.1) is 10.2 Å². The molecule has 2 heterocycles. The first-order valence-electron chi connectivity index (χ1n) is 8.92. The summed E-state index contributed by atoms with van der Waals surface area (Å²) in [6.07, 6.45) is -1.61. The summed E-state index contributed by atoms with van der Waals surface area (Å²) in [5.74, 6) is -0.855. The Hall–Kier alpha value is -3.41. The zero-order valence-corrected chi connectivity index (χ0v) is 17.0. The summed E-state index contributed by atoms with van der Waals surface area (Å²) >= 11 is 0.837. The van der Waals surface area contributed by atoms with E-state index in [1.807, 2.05) is 0 Å². The molecule has 162 valence electrons. The van der Waals surface area contributed by atoms with E-state index in [0.29, 0.717) is 16.9 Å². The number of rotatable bonds is 7. The summed E-state index contributed by atoms with van der Waals surface area (Å²) in [6.45, 7) is 0.0690. The predicted octanol–water partition coefficient (Wildman–Crippen LogP) is 3.59. The molecule has 12 heteroatoms. The van der Waals surface area contributed by atoms with Crippen LogP contribution in [0.3, 0.4) is 0 Å². The summed E-state index contributed by atoms with van der Waals surface area (Å²) in [4.78, 5) is 27.3. The average molecular weight is 450 g/mol. The highest BCUT2D eigenvalue weighted by atomic mass is 32.2.